The van der Waals surface area contributed by atoms with Gasteiger partial charge in [0.2, 0.25) is 0 Å². The van der Waals surface area contributed by atoms with Crippen molar-refractivity contribution >= 4 is 22.5 Å². The lowest BCUT2D eigenvalue weighted by molar-refractivity contribution is 0.0958. The molecule has 2 aliphatic carbocycles. The molecule has 3 aromatic rings. The van der Waals surface area contributed by atoms with Gasteiger partial charge in [-0.15, -0.1) is 0 Å². The maximum atomic E-state index is 13.6. The number of halogens is 1. The molecule has 0 spiro atoms. The van der Waals surface area contributed by atoms with Gasteiger partial charge in [0.05, 0.1) is 22.8 Å². The van der Waals surface area contributed by atoms with Crippen LogP contribution in [0.15, 0.2) is 41.3 Å². The van der Waals surface area contributed by atoms with Gasteiger partial charge in [0.15, 0.2) is 0 Å². The molecule has 2 saturated carbocycles. The van der Waals surface area contributed by atoms with Gasteiger partial charge in [-0.05, 0) is 55.5 Å². The fraction of sp³-hybridized carbons (Fsp3) is 0.440. The molecule has 3 aliphatic rings. The molecular formula is C25H27FN6O2. The molecule has 2 N–H and O–H groups in total. The number of amides is 1. The number of nitrogens with zero attached hydrogens (tertiary/aromatic N) is 4. The van der Waals surface area contributed by atoms with Crippen molar-refractivity contribution in [1.82, 2.24) is 25.2 Å². The maximum Gasteiger partial charge on any atom is 0.269 e. The quantitative estimate of drug-likeness (QED) is 0.617. The average molecular weight is 463 g/mol. The Bertz CT molecular complexity index is 1320. The standard InChI is InChI=1S/C25H27FN6O2/c1-27-23(34)20-5-3-16(14-28-20)31-8-10-32(11-9-31)21-6-7-25(13-18(21)25)24-29-19-4-2-15(26)12-17(19)22(33)30-24/h2-5,12,14,18,21H,6-11,13H2,1H3,(H,27,34)(H,29,30,33)/t18-,21?,25+/m1/s1. The largest absolute Gasteiger partial charge is 0.368 e. The third-order valence-electron chi connectivity index (χ3n) is 7.98. The number of fused-ring (bicyclic) bond motifs is 2. The first-order valence-corrected chi connectivity index (χ1v) is 11.9. The number of hydrogen-bond donors (Lipinski definition) is 2. The molecule has 9 heteroatoms. The van der Waals surface area contributed by atoms with Gasteiger partial charge in [-0.1, -0.05) is 0 Å². The Kier molecular flexibility index (Phi) is 4.91. The van der Waals surface area contributed by atoms with Crippen LogP contribution in [0.4, 0.5) is 10.1 Å². The van der Waals surface area contributed by atoms with Crippen molar-refractivity contribution < 1.29 is 9.18 Å². The Morgan fingerprint density at radius 2 is 2.03 bits per heavy atom. The van der Waals surface area contributed by atoms with Crippen LogP contribution in [-0.4, -0.2) is 65.0 Å². The van der Waals surface area contributed by atoms with Crippen molar-refractivity contribution in [2.75, 3.05) is 38.1 Å². The second kappa shape index (κ2) is 7.87. The monoisotopic (exact) mass is 462 g/mol. The summed E-state index contributed by atoms with van der Waals surface area (Å²) >= 11 is 0. The minimum Gasteiger partial charge on any atom is -0.368 e. The fourth-order valence-corrected chi connectivity index (χ4v) is 6.05. The molecule has 1 saturated heterocycles. The minimum atomic E-state index is -0.423. The Morgan fingerprint density at radius 1 is 1.21 bits per heavy atom. The Morgan fingerprint density at radius 3 is 2.74 bits per heavy atom. The van der Waals surface area contributed by atoms with Gasteiger partial charge >= 0.3 is 0 Å². The molecule has 1 aliphatic heterocycles. The van der Waals surface area contributed by atoms with Gasteiger partial charge in [0, 0.05) is 44.7 Å². The van der Waals surface area contributed by atoms with E-state index in [0.29, 0.717) is 28.6 Å². The number of piperazine rings is 1. The summed E-state index contributed by atoms with van der Waals surface area (Å²) in [4.78, 5) is 41.2. The van der Waals surface area contributed by atoms with E-state index in [-0.39, 0.29) is 16.9 Å². The molecule has 2 aromatic heterocycles. The second-order valence-corrected chi connectivity index (χ2v) is 9.65. The molecule has 0 radical (unpaired) electrons. The first-order chi connectivity index (χ1) is 16.5. The minimum absolute atomic E-state index is 0.0524. The summed E-state index contributed by atoms with van der Waals surface area (Å²) < 4.78 is 13.6. The van der Waals surface area contributed by atoms with E-state index in [0.717, 1.165) is 57.0 Å². The number of benzene rings is 1. The summed E-state index contributed by atoms with van der Waals surface area (Å²) in [5, 5.41) is 2.90. The SMILES string of the molecule is CNC(=O)c1ccc(N2CCN(C3CC[C@]4(c5nc6ccc(F)cc6c(=O)[nH]5)C[C@H]34)CC2)cn1. The van der Waals surface area contributed by atoms with E-state index in [1.165, 1.54) is 12.1 Å². The highest BCUT2D eigenvalue weighted by atomic mass is 19.1. The van der Waals surface area contributed by atoms with Crippen molar-refractivity contribution in [2.45, 2.75) is 30.7 Å². The molecular weight excluding hydrogens is 435 g/mol. The fourth-order valence-electron chi connectivity index (χ4n) is 6.05. The third-order valence-corrected chi connectivity index (χ3v) is 7.98. The molecule has 1 amide bonds. The topological polar surface area (TPSA) is 94.2 Å². The molecule has 3 atom stereocenters. The lowest BCUT2D eigenvalue weighted by atomic mass is 10.0. The zero-order chi connectivity index (χ0) is 23.4. The van der Waals surface area contributed by atoms with Crippen molar-refractivity contribution in [3.05, 3.63) is 64.2 Å². The summed E-state index contributed by atoms with van der Waals surface area (Å²) in [5.41, 5.74) is 1.71. The summed E-state index contributed by atoms with van der Waals surface area (Å²) in [6.45, 7) is 3.76. The van der Waals surface area contributed by atoms with Crippen LogP contribution < -0.4 is 15.8 Å². The normalized spacial score (nSPS) is 26.5. The van der Waals surface area contributed by atoms with Crippen LogP contribution in [0.25, 0.3) is 10.9 Å². The van der Waals surface area contributed by atoms with E-state index < -0.39 is 5.82 Å². The predicted octanol–water partition coefficient (Wildman–Crippen LogP) is 2.06. The predicted molar refractivity (Wildman–Crippen MR) is 127 cm³/mol. The molecule has 0 bridgehead atoms. The van der Waals surface area contributed by atoms with Crippen molar-refractivity contribution in [2.24, 2.45) is 5.92 Å². The number of pyridine rings is 1. The third kappa shape index (κ3) is 3.37. The van der Waals surface area contributed by atoms with Crippen LogP contribution in [0.5, 0.6) is 0 Å². The van der Waals surface area contributed by atoms with Crippen LogP contribution in [-0.2, 0) is 5.41 Å². The van der Waals surface area contributed by atoms with E-state index in [1.807, 2.05) is 6.07 Å². The van der Waals surface area contributed by atoms with Gasteiger partial charge in [0.1, 0.15) is 17.3 Å². The molecule has 8 nitrogen and oxygen atoms in total. The van der Waals surface area contributed by atoms with Crippen LogP contribution in [0.1, 0.15) is 35.6 Å². The highest BCUT2D eigenvalue weighted by Crippen LogP contribution is 2.64. The van der Waals surface area contributed by atoms with Crippen LogP contribution in [0.2, 0.25) is 0 Å². The van der Waals surface area contributed by atoms with E-state index in [9.17, 15) is 14.0 Å². The number of aromatic amines is 1. The lowest BCUT2D eigenvalue weighted by Crippen LogP contribution is -2.50. The van der Waals surface area contributed by atoms with Gasteiger partial charge in [-0.25, -0.2) is 14.4 Å². The zero-order valence-corrected chi connectivity index (χ0v) is 19.1. The lowest BCUT2D eigenvalue weighted by Gasteiger charge is -2.39. The molecule has 6 rings (SSSR count). The molecule has 3 fully saturated rings. The summed E-state index contributed by atoms with van der Waals surface area (Å²) in [6, 6.07) is 8.43. The average Bonchev–Trinajstić information content (AvgIpc) is 3.49. The zero-order valence-electron chi connectivity index (χ0n) is 19.1. The number of aromatic nitrogens is 3. The number of carbonyl (C=O) groups is 1. The number of anilines is 1. The van der Waals surface area contributed by atoms with Crippen LogP contribution >= 0.6 is 0 Å². The van der Waals surface area contributed by atoms with Crippen molar-refractivity contribution in [3.63, 3.8) is 0 Å². The Hall–Kier alpha value is -3.33. The maximum absolute atomic E-state index is 13.6. The number of hydrogen-bond acceptors (Lipinski definition) is 6. The number of carbonyl (C=O) groups excluding carboxylic acids is 1. The van der Waals surface area contributed by atoms with Gasteiger partial charge in [-0.3, -0.25) is 14.5 Å². The number of rotatable bonds is 4. The van der Waals surface area contributed by atoms with E-state index in [2.05, 4.69) is 25.1 Å². The first kappa shape index (κ1) is 21.2. The molecule has 34 heavy (non-hydrogen) atoms. The second-order valence-electron chi connectivity index (χ2n) is 9.65. The van der Waals surface area contributed by atoms with Crippen LogP contribution in [0, 0.1) is 11.7 Å². The van der Waals surface area contributed by atoms with E-state index in [1.54, 1.807) is 25.4 Å². The summed E-state index contributed by atoms with van der Waals surface area (Å²) in [7, 11) is 1.60. The van der Waals surface area contributed by atoms with E-state index in [4.69, 9.17) is 4.98 Å². The molecule has 1 aromatic carbocycles. The van der Waals surface area contributed by atoms with Gasteiger partial charge < -0.3 is 15.2 Å². The molecule has 176 valence electrons. The van der Waals surface area contributed by atoms with Gasteiger partial charge in [0.25, 0.3) is 11.5 Å². The van der Waals surface area contributed by atoms with E-state index >= 15 is 0 Å². The van der Waals surface area contributed by atoms with Crippen LogP contribution in [0.3, 0.4) is 0 Å². The Labute approximate surface area is 196 Å². The Balaban J connectivity index is 1.13. The van der Waals surface area contributed by atoms with Crippen molar-refractivity contribution in [3.8, 4) is 0 Å². The molecule has 3 heterocycles. The van der Waals surface area contributed by atoms with Crippen molar-refractivity contribution in [1.29, 1.82) is 0 Å². The summed E-state index contributed by atoms with van der Waals surface area (Å²) in [5.74, 6) is 0.659. The number of H-pyrrole nitrogens is 1. The smallest absolute Gasteiger partial charge is 0.269 e. The highest BCUT2D eigenvalue weighted by molar-refractivity contribution is 5.92. The number of nitrogens with one attached hydrogen (secondary N) is 2. The van der Waals surface area contributed by atoms with Gasteiger partial charge in [-0.2, -0.15) is 0 Å². The summed E-state index contributed by atoms with van der Waals surface area (Å²) in [6.07, 6.45) is 4.93. The molecule has 1 unspecified atom stereocenters. The highest BCUT2D eigenvalue weighted by Gasteiger charge is 2.65. The first-order valence-electron chi connectivity index (χ1n) is 11.9.